The summed E-state index contributed by atoms with van der Waals surface area (Å²) < 4.78 is 10.1. The molecule has 1 amide bonds. The molecule has 1 atom stereocenters. The Morgan fingerprint density at radius 1 is 1.11 bits per heavy atom. The van der Waals surface area contributed by atoms with Crippen molar-refractivity contribution in [2.75, 3.05) is 14.2 Å². The summed E-state index contributed by atoms with van der Waals surface area (Å²) in [6.07, 6.45) is 5.19. The molecular formula is C22H22N2O4. The van der Waals surface area contributed by atoms with Crippen LogP contribution in [0.25, 0.3) is 17.0 Å². The molecule has 6 heteroatoms. The number of aromatic nitrogens is 1. The van der Waals surface area contributed by atoms with Crippen molar-refractivity contribution in [3.8, 4) is 5.75 Å². The van der Waals surface area contributed by atoms with Crippen LogP contribution < -0.4 is 10.1 Å². The summed E-state index contributed by atoms with van der Waals surface area (Å²) in [5.74, 6) is -0.222. The molecule has 2 aromatic carbocycles. The molecule has 0 aliphatic carbocycles. The maximum Gasteiger partial charge on any atom is 0.328 e. The second-order valence-electron chi connectivity index (χ2n) is 6.22. The molecule has 2 N–H and O–H groups in total. The maximum absolute atomic E-state index is 12.4. The normalized spacial score (nSPS) is 12.1. The minimum Gasteiger partial charge on any atom is -0.496 e. The first-order valence-electron chi connectivity index (χ1n) is 8.86. The number of carbonyl (C=O) groups is 2. The van der Waals surface area contributed by atoms with E-state index in [1.54, 1.807) is 13.2 Å². The van der Waals surface area contributed by atoms with Gasteiger partial charge in [-0.25, -0.2) is 4.79 Å². The fraction of sp³-hybridized carbons (Fsp3) is 0.182. The number of hydrogen-bond acceptors (Lipinski definition) is 4. The number of nitrogens with one attached hydrogen (secondary N) is 2. The average Bonchev–Trinajstić information content (AvgIpc) is 3.14. The average molecular weight is 378 g/mol. The summed E-state index contributed by atoms with van der Waals surface area (Å²) in [7, 11) is 2.88. The molecule has 1 aromatic heterocycles. The summed E-state index contributed by atoms with van der Waals surface area (Å²) in [6, 6.07) is 14.4. The third kappa shape index (κ3) is 4.40. The summed E-state index contributed by atoms with van der Waals surface area (Å²) in [6.45, 7) is 0. The van der Waals surface area contributed by atoms with E-state index in [1.807, 2.05) is 54.7 Å². The Labute approximate surface area is 163 Å². The fourth-order valence-corrected chi connectivity index (χ4v) is 3.05. The molecule has 0 bridgehead atoms. The molecule has 144 valence electrons. The second kappa shape index (κ2) is 8.90. The predicted octanol–water partition coefficient (Wildman–Crippen LogP) is 3.09. The molecule has 0 radical (unpaired) electrons. The first-order chi connectivity index (χ1) is 13.6. The van der Waals surface area contributed by atoms with Crippen molar-refractivity contribution >= 4 is 28.9 Å². The smallest absolute Gasteiger partial charge is 0.328 e. The zero-order chi connectivity index (χ0) is 19.9. The van der Waals surface area contributed by atoms with Crippen LogP contribution in [0.15, 0.2) is 60.8 Å². The lowest BCUT2D eigenvalue weighted by Crippen LogP contribution is -2.42. The van der Waals surface area contributed by atoms with Gasteiger partial charge in [0.2, 0.25) is 5.91 Å². The molecule has 0 fully saturated rings. The van der Waals surface area contributed by atoms with Crippen molar-refractivity contribution in [2.45, 2.75) is 12.5 Å². The quantitative estimate of drug-likeness (QED) is 0.489. The Bertz CT molecular complexity index is 1010. The van der Waals surface area contributed by atoms with Crippen LogP contribution in [0.4, 0.5) is 0 Å². The molecular weight excluding hydrogens is 356 g/mol. The second-order valence-corrected chi connectivity index (χ2v) is 6.22. The Morgan fingerprint density at radius 3 is 2.64 bits per heavy atom. The molecule has 3 aromatic rings. The van der Waals surface area contributed by atoms with Crippen molar-refractivity contribution in [3.05, 3.63) is 71.9 Å². The molecule has 0 saturated heterocycles. The van der Waals surface area contributed by atoms with Crippen LogP contribution in [0.1, 0.15) is 11.1 Å². The number of carbonyl (C=O) groups excluding carboxylic acids is 2. The summed E-state index contributed by atoms with van der Waals surface area (Å²) in [4.78, 5) is 27.7. The van der Waals surface area contributed by atoms with Crippen molar-refractivity contribution in [1.29, 1.82) is 0 Å². The molecule has 0 saturated carbocycles. The Kier molecular flexibility index (Phi) is 6.11. The number of H-pyrrole nitrogens is 1. The van der Waals surface area contributed by atoms with Crippen molar-refractivity contribution in [3.63, 3.8) is 0 Å². The van der Waals surface area contributed by atoms with Crippen LogP contribution in [-0.4, -0.2) is 37.1 Å². The van der Waals surface area contributed by atoms with Gasteiger partial charge in [0, 0.05) is 35.2 Å². The van der Waals surface area contributed by atoms with E-state index < -0.39 is 12.0 Å². The number of amides is 1. The number of methoxy groups -OCH3 is 2. The van der Waals surface area contributed by atoms with Gasteiger partial charge in [0.25, 0.3) is 0 Å². The summed E-state index contributed by atoms with van der Waals surface area (Å²) >= 11 is 0. The summed E-state index contributed by atoms with van der Waals surface area (Å²) in [5, 5.41) is 3.73. The van der Waals surface area contributed by atoms with E-state index in [2.05, 4.69) is 10.3 Å². The molecule has 0 aliphatic rings. The number of ether oxygens (including phenoxy) is 2. The number of hydrogen-bond donors (Lipinski definition) is 2. The zero-order valence-electron chi connectivity index (χ0n) is 15.8. The van der Waals surface area contributed by atoms with Crippen LogP contribution in [0.2, 0.25) is 0 Å². The molecule has 0 aliphatic heterocycles. The summed E-state index contributed by atoms with van der Waals surface area (Å²) in [5.41, 5.74) is 2.68. The van der Waals surface area contributed by atoms with Gasteiger partial charge < -0.3 is 19.8 Å². The van der Waals surface area contributed by atoms with Crippen molar-refractivity contribution in [1.82, 2.24) is 10.3 Å². The van der Waals surface area contributed by atoms with Crippen molar-refractivity contribution in [2.24, 2.45) is 0 Å². The van der Waals surface area contributed by atoms with Crippen LogP contribution in [0.3, 0.4) is 0 Å². The molecule has 3 rings (SSSR count). The standard InChI is InChI=1S/C22H22N2O4/c1-27-20-10-6-3-7-15(20)11-12-21(25)24-19(22(26)28-2)13-16-14-23-18-9-5-4-8-17(16)18/h3-12,14,19,23H,13H2,1-2H3,(H,24,25). The van der Waals surface area contributed by atoms with Crippen LogP contribution >= 0.6 is 0 Å². The minimum absolute atomic E-state index is 0.324. The first kappa shape index (κ1) is 19.2. The predicted molar refractivity (Wildman–Crippen MR) is 108 cm³/mol. The van der Waals surface area contributed by atoms with Gasteiger partial charge in [-0.2, -0.15) is 0 Å². The van der Waals surface area contributed by atoms with Gasteiger partial charge in [0.15, 0.2) is 0 Å². The van der Waals surface area contributed by atoms with E-state index >= 15 is 0 Å². The highest BCUT2D eigenvalue weighted by molar-refractivity contribution is 5.95. The number of benzene rings is 2. The molecule has 1 unspecified atom stereocenters. The zero-order valence-corrected chi connectivity index (χ0v) is 15.8. The number of esters is 1. The SMILES string of the molecule is COC(=O)C(Cc1c[nH]c2ccccc12)NC(=O)C=Cc1ccccc1OC. The number of para-hydroxylation sites is 2. The lowest BCUT2D eigenvalue weighted by atomic mass is 10.0. The Morgan fingerprint density at radius 2 is 1.86 bits per heavy atom. The highest BCUT2D eigenvalue weighted by atomic mass is 16.5. The Balaban J connectivity index is 1.74. The minimum atomic E-state index is -0.793. The molecule has 1 heterocycles. The van der Waals surface area contributed by atoms with Gasteiger partial charge in [-0.3, -0.25) is 4.79 Å². The molecule has 0 spiro atoms. The third-order valence-electron chi connectivity index (χ3n) is 4.45. The van der Waals surface area contributed by atoms with Gasteiger partial charge in [0.05, 0.1) is 14.2 Å². The number of fused-ring (bicyclic) bond motifs is 1. The largest absolute Gasteiger partial charge is 0.496 e. The van der Waals surface area contributed by atoms with Gasteiger partial charge in [-0.05, 0) is 23.8 Å². The van der Waals surface area contributed by atoms with Crippen molar-refractivity contribution < 1.29 is 19.1 Å². The van der Waals surface area contributed by atoms with E-state index in [1.165, 1.54) is 13.2 Å². The highest BCUT2D eigenvalue weighted by Gasteiger charge is 2.22. The topological polar surface area (TPSA) is 80.4 Å². The van der Waals surface area contributed by atoms with E-state index in [0.717, 1.165) is 22.0 Å². The fourth-order valence-electron chi connectivity index (χ4n) is 3.05. The molecule has 6 nitrogen and oxygen atoms in total. The van der Waals surface area contributed by atoms with Crippen LogP contribution in [0, 0.1) is 0 Å². The lowest BCUT2D eigenvalue weighted by molar-refractivity contribution is -0.144. The molecule has 28 heavy (non-hydrogen) atoms. The van der Waals surface area contributed by atoms with Gasteiger partial charge >= 0.3 is 5.97 Å². The monoisotopic (exact) mass is 378 g/mol. The van der Waals surface area contributed by atoms with Gasteiger partial charge in [-0.1, -0.05) is 36.4 Å². The van der Waals surface area contributed by atoms with E-state index in [4.69, 9.17) is 9.47 Å². The first-order valence-corrected chi connectivity index (χ1v) is 8.86. The highest BCUT2D eigenvalue weighted by Crippen LogP contribution is 2.20. The maximum atomic E-state index is 12.4. The van der Waals surface area contributed by atoms with E-state index in [0.29, 0.717) is 12.2 Å². The third-order valence-corrected chi connectivity index (χ3v) is 4.45. The lowest BCUT2D eigenvalue weighted by Gasteiger charge is -2.15. The van der Waals surface area contributed by atoms with Crippen LogP contribution in [-0.2, 0) is 20.7 Å². The van der Waals surface area contributed by atoms with E-state index in [9.17, 15) is 9.59 Å². The van der Waals surface area contributed by atoms with Gasteiger partial charge in [-0.15, -0.1) is 0 Å². The van der Waals surface area contributed by atoms with Crippen LogP contribution in [0.5, 0.6) is 5.75 Å². The number of aromatic amines is 1. The Hall–Kier alpha value is -3.54. The van der Waals surface area contributed by atoms with Gasteiger partial charge in [0.1, 0.15) is 11.8 Å². The van der Waals surface area contributed by atoms with E-state index in [-0.39, 0.29) is 5.91 Å². The number of rotatable bonds is 7.